The maximum absolute atomic E-state index is 5.65. The summed E-state index contributed by atoms with van der Waals surface area (Å²) in [7, 11) is 0. The molecule has 1 unspecified atom stereocenters. The Hall–Kier alpha value is -2.08. The molecule has 0 spiro atoms. The fourth-order valence-corrected chi connectivity index (χ4v) is 2.54. The summed E-state index contributed by atoms with van der Waals surface area (Å²) < 4.78 is 11.3. The van der Waals surface area contributed by atoms with Crippen LogP contribution in [-0.4, -0.2) is 22.8 Å². The van der Waals surface area contributed by atoms with Crippen LogP contribution in [0.1, 0.15) is 36.8 Å². The number of rotatable bonds is 5. The molecule has 2 heterocycles. The zero-order chi connectivity index (χ0) is 14.1. The molecule has 6 nitrogen and oxygen atoms in total. The van der Waals surface area contributed by atoms with Crippen LogP contribution in [0.15, 0.2) is 28.7 Å². The molecule has 1 aromatic carbocycles. The van der Waals surface area contributed by atoms with Gasteiger partial charge in [0.15, 0.2) is 0 Å². The molecular formula is C15H18N4O2. The Kier molecular flexibility index (Phi) is 3.23. The van der Waals surface area contributed by atoms with Gasteiger partial charge < -0.3 is 19.8 Å². The predicted molar refractivity (Wildman–Crippen MR) is 77.1 cm³/mol. The first kappa shape index (κ1) is 12.6. The van der Waals surface area contributed by atoms with Crippen molar-refractivity contribution in [2.45, 2.75) is 37.9 Å². The van der Waals surface area contributed by atoms with Crippen molar-refractivity contribution < 1.29 is 9.15 Å². The summed E-state index contributed by atoms with van der Waals surface area (Å²) in [4.78, 5) is 0. The van der Waals surface area contributed by atoms with Gasteiger partial charge in [-0.25, -0.2) is 0 Å². The Morgan fingerprint density at radius 3 is 2.95 bits per heavy atom. The highest BCUT2D eigenvalue weighted by molar-refractivity contribution is 5.41. The molecule has 6 heteroatoms. The van der Waals surface area contributed by atoms with Crippen LogP contribution in [0.3, 0.4) is 0 Å². The van der Waals surface area contributed by atoms with Crippen molar-refractivity contribution in [3.63, 3.8) is 0 Å². The molecule has 21 heavy (non-hydrogen) atoms. The number of fused-ring (bicyclic) bond motifs is 1. The van der Waals surface area contributed by atoms with Crippen LogP contribution < -0.4 is 15.4 Å². The summed E-state index contributed by atoms with van der Waals surface area (Å²) in [6.45, 7) is 1.34. The molecule has 1 atom stereocenters. The van der Waals surface area contributed by atoms with Crippen LogP contribution in [0.5, 0.6) is 5.75 Å². The van der Waals surface area contributed by atoms with Gasteiger partial charge in [0.05, 0.1) is 19.2 Å². The van der Waals surface area contributed by atoms with Gasteiger partial charge in [-0.05, 0) is 18.9 Å². The summed E-state index contributed by atoms with van der Waals surface area (Å²) in [5.74, 6) is 1.56. The standard InChI is InChI=1S/C15H18N4O2/c1-2-4-13-11(3-1)12(7-8-20-13)17-15-19-18-14(21-15)9-16-10-5-6-10/h1-4,10,12,16H,5-9H2,(H,17,19). The molecule has 110 valence electrons. The highest BCUT2D eigenvalue weighted by atomic mass is 16.5. The quantitative estimate of drug-likeness (QED) is 0.878. The van der Waals surface area contributed by atoms with Gasteiger partial charge in [-0.3, -0.25) is 0 Å². The molecule has 1 aromatic heterocycles. The lowest BCUT2D eigenvalue weighted by atomic mass is 10.0. The van der Waals surface area contributed by atoms with Crippen LogP contribution >= 0.6 is 0 Å². The number of anilines is 1. The van der Waals surface area contributed by atoms with E-state index in [9.17, 15) is 0 Å². The van der Waals surface area contributed by atoms with Gasteiger partial charge in [0.2, 0.25) is 5.89 Å². The van der Waals surface area contributed by atoms with Crippen LogP contribution in [0.4, 0.5) is 6.01 Å². The highest BCUT2D eigenvalue weighted by Crippen LogP contribution is 2.33. The molecule has 2 aliphatic rings. The van der Waals surface area contributed by atoms with Gasteiger partial charge in [0, 0.05) is 18.0 Å². The first-order chi connectivity index (χ1) is 10.4. The lowest BCUT2D eigenvalue weighted by molar-refractivity contribution is 0.273. The minimum absolute atomic E-state index is 0.152. The number of nitrogens with one attached hydrogen (secondary N) is 2. The monoisotopic (exact) mass is 286 g/mol. The van der Waals surface area contributed by atoms with Gasteiger partial charge in [-0.2, -0.15) is 0 Å². The third-order valence-corrected chi connectivity index (χ3v) is 3.84. The molecule has 0 bridgehead atoms. The van der Waals surface area contributed by atoms with Gasteiger partial charge in [-0.15, -0.1) is 5.10 Å². The van der Waals surface area contributed by atoms with E-state index in [4.69, 9.17) is 9.15 Å². The fraction of sp³-hybridized carbons (Fsp3) is 0.467. The summed E-state index contributed by atoms with van der Waals surface area (Å²) in [6, 6.07) is 9.32. The summed E-state index contributed by atoms with van der Waals surface area (Å²) in [5, 5.41) is 14.8. The minimum Gasteiger partial charge on any atom is -0.493 e. The zero-order valence-electron chi connectivity index (χ0n) is 11.7. The van der Waals surface area contributed by atoms with E-state index in [1.807, 2.05) is 18.2 Å². The van der Waals surface area contributed by atoms with Gasteiger partial charge in [-0.1, -0.05) is 23.3 Å². The van der Waals surface area contributed by atoms with E-state index in [0.717, 1.165) is 17.7 Å². The van der Waals surface area contributed by atoms with Crippen molar-refractivity contribution >= 4 is 6.01 Å². The molecule has 1 aliphatic heterocycles. The minimum atomic E-state index is 0.152. The lowest BCUT2D eigenvalue weighted by Gasteiger charge is -2.25. The number of benzene rings is 1. The number of hydrogen-bond donors (Lipinski definition) is 2. The molecular weight excluding hydrogens is 268 g/mol. The van der Waals surface area contributed by atoms with E-state index < -0.39 is 0 Å². The Morgan fingerprint density at radius 2 is 2.05 bits per heavy atom. The number of ether oxygens (including phenoxy) is 1. The van der Waals surface area contributed by atoms with Crippen LogP contribution in [0.25, 0.3) is 0 Å². The summed E-state index contributed by atoms with van der Waals surface area (Å²) in [6.07, 6.45) is 3.38. The van der Waals surface area contributed by atoms with E-state index in [1.54, 1.807) is 0 Å². The van der Waals surface area contributed by atoms with Crippen molar-refractivity contribution in [1.82, 2.24) is 15.5 Å². The molecule has 2 aromatic rings. The van der Waals surface area contributed by atoms with Crippen molar-refractivity contribution in [2.75, 3.05) is 11.9 Å². The van der Waals surface area contributed by atoms with Gasteiger partial charge in [0.25, 0.3) is 0 Å². The molecule has 0 saturated heterocycles. The maximum atomic E-state index is 5.65. The highest BCUT2D eigenvalue weighted by Gasteiger charge is 2.23. The number of aromatic nitrogens is 2. The Morgan fingerprint density at radius 1 is 1.14 bits per heavy atom. The topological polar surface area (TPSA) is 72.2 Å². The predicted octanol–water partition coefficient (Wildman–Crippen LogP) is 2.26. The Balaban J connectivity index is 1.44. The molecule has 0 radical (unpaired) electrons. The van der Waals surface area contributed by atoms with E-state index in [0.29, 0.717) is 31.1 Å². The van der Waals surface area contributed by atoms with E-state index in [2.05, 4.69) is 26.9 Å². The van der Waals surface area contributed by atoms with E-state index in [1.165, 1.54) is 12.8 Å². The second-order valence-electron chi connectivity index (χ2n) is 5.53. The summed E-state index contributed by atoms with van der Waals surface area (Å²) >= 11 is 0. The molecule has 1 saturated carbocycles. The largest absolute Gasteiger partial charge is 0.493 e. The smallest absolute Gasteiger partial charge is 0.316 e. The lowest BCUT2D eigenvalue weighted by Crippen LogP contribution is -2.20. The van der Waals surface area contributed by atoms with Crippen molar-refractivity contribution in [2.24, 2.45) is 0 Å². The Labute approximate surface area is 122 Å². The van der Waals surface area contributed by atoms with E-state index in [-0.39, 0.29) is 6.04 Å². The van der Waals surface area contributed by atoms with Crippen molar-refractivity contribution in [3.8, 4) is 5.75 Å². The second kappa shape index (κ2) is 5.37. The number of para-hydroxylation sites is 1. The van der Waals surface area contributed by atoms with Crippen LogP contribution in [-0.2, 0) is 6.54 Å². The van der Waals surface area contributed by atoms with Crippen molar-refractivity contribution in [3.05, 3.63) is 35.7 Å². The van der Waals surface area contributed by atoms with Crippen molar-refractivity contribution in [1.29, 1.82) is 0 Å². The second-order valence-corrected chi connectivity index (χ2v) is 5.53. The average Bonchev–Trinajstić information content (AvgIpc) is 3.25. The molecule has 0 amide bonds. The summed E-state index contributed by atoms with van der Waals surface area (Å²) in [5.41, 5.74) is 1.14. The average molecular weight is 286 g/mol. The first-order valence-electron chi connectivity index (χ1n) is 7.42. The maximum Gasteiger partial charge on any atom is 0.316 e. The fourth-order valence-electron chi connectivity index (χ4n) is 2.54. The normalized spacial score (nSPS) is 20.7. The molecule has 4 rings (SSSR count). The van der Waals surface area contributed by atoms with E-state index >= 15 is 0 Å². The molecule has 1 aliphatic carbocycles. The number of nitrogens with zero attached hydrogens (tertiary/aromatic N) is 2. The number of hydrogen-bond acceptors (Lipinski definition) is 6. The Bertz CT molecular complexity index is 624. The first-order valence-corrected chi connectivity index (χ1v) is 7.42. The molecule has 2 N–H and O–H groups in total. The van der Waals surface area contributed by atoms with Gasteiger partial charge >= 0.3 is 6.01 Å². The third-order valence-electron chi connectivity index (χ3n) is 3.84. The SMILES string of the molecule is c1ccc2c(c1)OCCC2Nc1nnc(CNC2CC2)o1. The van der Waals surface area contributed by atoms with Crippen LogP contribution in [0, 0.1) is 0 Å². The van der Waals surface area contributed by atoms with Gasteiger partial charge in [0.1, 0.15) is 5.75 Å². The molecule has 1 fully saturated rings. The zero-order valence-corrected chi connectivity index (χ0v) is 11.7. The van der Waals surface area contributed by atoms with Crippen LogP contribution in [0.2, 0.25) is 0 Å². The third kappa shape index (κ3) is 2.85.